The van der Waals surface area contributed by atoms with E-state index in [1.807, 2.05) is 20.8 Å². The van der Waals surface area contributed by atoms with Gasteiger partial charge < -0.3 is 0 Å². The molecule has 0 saturated heterocycles. The molecule has 0 saturated carbocycles. The van der Waals surface area contributed by atoms with Gasteiger partial charge >= 0.3 is 0 Å². The van der Waals surface area contributed by atoms with Crippen LogP contribution in [-0.2, 0) is 38.6 Å². The van der Waals surface area contributed by atoms with E-state index in [0.717, 1.165) is 21.0 Å². The molecule has 3 aromatic carbocycles. The van der Waals surface area contributed by atoms with Crippen molar-refractivity contribution in [2.45, 2.75) is 61.5 Å². The first kappa shape index (κ1) is 30.9. The second kappa shape index (κ2) is 12.3. The second-order valence-electron chi connectivity index (χ2n) is 9.48. The molecule has 0 heterocycles. The Balaban J connectivity index is 1.85. The molecule has 0 aliphatic rings. The summed E-state index contributed by atoms with van der Waals surface area (Å²) in [6.07, 6.45) is -2.20. The predicted octanol–water partition coefficient (Wildman–Crippen LogP) is 4.19. The van der Waals surface area contributed by atoms with Crippen molar-refractivity contribution in [1.82, 2.24) is 4.31 Å². The maximum Gasteiger partial charge on any atom is 0.297 e. The third-order valence-electron chi connectivity index (χ3n) is 5.78. The van der Waals surface area contributed by atoms with E-state index < -0.39 is 42.5 Å². The van der Waals surface area contributed by atoms with E-state index in [1.165, 1.54) is 50.2 Å². The molecule has 0 radical (unpaired) electrons. The van der Waals surface area contributed by atoms with Crippen molar-refractivity contribution in [2.24, 2.45) is 0 Å². The molecule has 0 aliphatic heterocycles. The van der Waals surface area contributed by atoms with Crippen LogP contribution in [0.5, 0.6) is 0 Å². The van der Waals surface area contributed by atoms with Gasteiger partial charge in [-0.05, 0) is 71.0 Å². The van der Waals surface area contributed by atoms with Crippen LogP contribution in [0.3, 0.4) is 0 Å². The van der Waals surface area contributed by atoms with Crippen LogP contribution >= 0.6 is 0 Å². The minimum absolute atomic E-state index is 0.0321. The number of benzene rings is 3. The van der Waals surface area contributed by atoms with Crippen molar-refractivity contribution in [2.75, 3.05) is 13.1 Å². The number of sulfonamides is 1. The molecule has 0 bridgehead atoms. The Morgan fingerprint density at radius 2 is 0.821 bits per heavy atom. The Morgan fingerprint density at radius 1 is 0.538 bits per heavy atom. The molecule has 2 atom stereocenters. The molecule has 3 rings (SSSR count). The summed E-state index contributed by atoms with van der Waals surface area (Å²) in [6, 6.07) is 18.3. The third-order valence-corrected chi connectivity index (χ3v) is 10.5. The fourth-order valence-corrected chi connectivity index (χ4v) is 7.46. The first-order chi connectivity index (χ1) is 18.1. The van der Waals surface area contributed by atoms with Crippen LogP contribution in [0.4, 0.5) is 0 Å². The average Bonchev–Trinajstić information content (AvgIpc) is 2.83. The van der Waals surface area contributed by atoms with Gasteiger partial charge in [0.2, 0.25) is 10.0 Å². The summed E-state index contributed by atoms with van der Waals surface area (Å²) in [5.74, 6) is 0. The summed E-state index contributed by atoms with van der Waals surface area (Å²) in [6.45, 7) is 7.55. The van der Waals surface area contributed by atoms with Gasteiger partial charge in [0.25, 0.3) is 20.2 Å². The van der Waals surface area contributed by atoms with Crippen molar-refractivity contribution in [3.63, 3.8) is 0 Å². The van der Waals surface area contributed by atoms with Crippen molar-refractivity contribution in [3.05, 3.63) is 89.5 Å². The lowest BCUT2D eigenvalue weighted by molar-refractivity contribution is 0.155. The molecular formula is C27H33NO8S3. The van der Waals surface area contributed by atoms with E-state index in [2.05, 4.69) is 0 Å². The summed E-state index contributed by atoms with van der Waals surface area (Å²) in [5, 5.41) is 0. The minimum atomic E-state index is -4.18. The Hall–Kier alpha value is -2.61. The molecule has 0 spiro atoms. The van der Waals surface area contributed by atoms with Gasteiger partial charge in [-0.15, -0.1) is 0 Å². The Morgan fingerprint density at radius 3 is 1.13 bits per heavy atom. The fourth-order valence-electron chi connectivity index (χ4n) is 3.72. The van der Waals surface area contributed by atoms with Crippen molar-refractivity contribution in [3.8, 4) is 0 Å². The molecule has 0 unspecified atom stereocenters. The molecule has 0 aromatic heterocycles. The highest BCUT2D eigenvalue weighted by atomic mass is 32.2. The van der Waals surface area contributed by atoms with Crippen LogP contribution in [-0.4, -0.2) is 54.9 Å². The van der Waals surface area contributed by atoms with Crippen LogP contribution < -0.4 is 0 Å². The molecule has 12 heteroatoms. The van der Waals surface area contributed by atoms with Crippen LogP contribution in [0.2, 0.25) is 0 Å². The number of rotatable bonds is 12. The van der Waals surface area contributed by atoms with E-state index >= 15 is 0 Å². The fraction of sp³-hybridized carbons (Fsp3) is 0.333. The van der Waals surface area contributed by atoms with E-state index in [0.29, 0.717) is 0 Å². The van der Waals surface area contributed by atoms with Gasteiger partial charge in [0, 0.05) is 13.1 Å². The SMILES string of the molecule is Cc1ccc(S(=O)(=O)O[C@@H](C)CN(C[C@H](C)OS(=O)(=O)c2ccc(C)cc2)S(=O)(=O)c2ccc(C)cc2)cc1. The van der Waals surface area contributed by atoms with Gasteiger partial charge in [-0.25, -0.2) is 8.42 Å². The van der Waals surface area contributed by atoms with Gasteiger partial charge in [0.1, 0.15) is 0 Å². The monoisotopic (exact) mass is 595 g/mol. The normalized spacial score (nSPS) is 14.3. The van der Waals surface area contributed by atoms with Crippen LogP contribution in [0.25, 0.3) is 0 Å². The molecule has 212 valence electrons. The Bertz CT molecular complexity index is 1500. The predicted molar refractivity (Wildman–Crippen MR) is 148 cm³/mol. The quantitative estimate of drug-likeness (QED) is 0.286. The second-order valence-corrected chi connectivity index (χ2v) is 14.6. The van der Waals surface area contributed by atoms with E-state index in [-0.39, 0.29) is 27.8 Å². The summed E-state index contributed by atoms with van der Waals surface area (Å²) in [4.78, 5) is -0.155. The molecule has 3 aromatic rings. The van der Waals surface area contributed by atoms with E-state index in [1.54, 1.807) is 36.4 Å². The largest absolute Gasteiger partial charge is 0.297 e. The van der Waals surface area contributed by atoms with Crippen molar-refractivity contribution < 1.29 is 33.6 Å². The smallest absolute Gasteiger partial charge is 0.262 e. The topological polar surface area (TPSA) is 124 Å². The Labute approximate surface area is 231 Å². The molecule has 0 amide bonds. The van der Waals surface area contributed by atoms with Gasteiger partial charge in [-0.1, -0.05) is 53.1 Å². The van der Waals surface area contributed by atoms with Crippen LogP contribution in [0, 0.1) is 20.8 Å². The van der Waals surface area contributed by atoms with Gasteiger partial charge in [-0.3, -0.25) is 8.37 Å². The summed E-state index contributed by atoms with van der Waals surface area (Å²) in [7, 11) is -12.5. The molecule has 39 heavy (non-hydrogen) atoms. The number of nitrogens with zero attached hydrogens (tertiary/aromatic N) is 1. The van der Waals surface area contributed by atoms with Gasteiger partial charge in [0.15, 0.2) is 0 Å². The zero-order chi connectivity index (χ0) is 29.0. The lowest BCUT2D eigenvalue weighted by Crippen LogP contribution is -2.42. The van der Waals surface area contributed by atoms with Gasteiger partial charge in [-0.2, -0.15) is 21.1 Å². The maximum atomic E-state index is 13.6. The zero-order valence-corrected chi connectivity index (χ0v) is 24.9. The molecule has 9 nitrogen and oxygen atoms in total. The molecule has 0 aliphatic carbocycles. The standard InChI is InChI=1S/C27H33NO8S3/c1-20-6-12-25(13-7-20)37(29,30)28(18-23(4)35-38(31,32)26-14-8-21(2)9-15-26)19-24(5)36-39(33,34)27-16-10-22(3)11-17-27/h6-17,23-24H,18-19H2,1-5H3/t23-,24-/m0/s1. The molecular weight excluding hydrogens is 562 g/mol. The lowest BCUT2D eigenvalue weighted by Gasteiger charge is -2.27. The van der Waals surface area contributed by atoms with Gasteiger partial charge in [0.05, 0.1) is 26.9 Å². The zero-order valence-electron chi connectivity index (χ0n) is 22.4. The summed E-state index contributed by atoms with van der Waals surface area (Å²) < 4.78 is 89.9. The molecule has 0 fully saturated rings. The summed E-state index contributed by atoms with van der Waals surface area (Å²) >= 11 is 0. The minimum Gasteiger partial charge on any atom is -0.262 e. The maximum absolute atomic E-state index is 13.6. The lowest BCUT2D eigenvalue weighted by atomic mass is 10.2. The number of aryl methyl sites for hydroxylation is 3. The van der Waals surface area contributed by atoms with E-state index in [9.17, 15) is 25.3 Å². The van der Waals surface area contributed by atoms with Crippen molar-refractivity contribution in [1.29, 1.82) is 0 Å². The number of hydrogen-bond acceptors (Lipinski definition) is 8. The first-order valence-corrected chi connectivity index (χ1v) is 16.4. The van der Waals surface area contributed by atoms with Crippen molar-refractivity contribution >= 4 is 30.3 Å². The highest BCUT2D eigenvalue weighted by molar-refractivity contribution is 7.89. The third kappa shape index (κ3) is 8.19. The first-order valence-electron chi connectivity index (χ1n) is 12.2. The highest BCUT2D eigenvalue weighted by Crippen LogP contribution is 2.22. The Kier molecular flexibility index (Phi) is 9.73. The summed E-state index contributed by atoms with van der Waals surface area (Å²) in [5.41, 5.74) is 2.58. The van der Waals surface area contributed by atoms with E-state index in [4.69, 9.17) is 8.37 Å². The number of hydrogen-bond donors (Lipinski definition) is 0. The highest BCUT2D eigenvalue weighted by Gasteiger charge is 2.31. The van der Waals surface area contributed by atoms with Crippen LogP contribution in [0.15, 0.2) is 87.5 Å². The average molecular weight is 596 g/mol. The molecule has 0 N–H and O–H groups in total. The van der Waals surface area contributed by atoms with Crippen LogP contribution in [0.1, 0.15) is 30.5 Å².